The number of nitrogens with one attached hydrogen (secondary N) is 1. The molecule has 0 aliphatic carbocycles. The topological polar surface area (TPSA) is 27.6 Å². The van der Waals surface area contributed by atoms with E-state index in [9.17, 15) is 0 Å². The second kappa shape index (κ2) is 33.6. The van der Waals surface area contributed by atoms with Gasteiger partial charge < -0.3 is 4.90 Å². The zero-order chi connectivity index (χ0) is 31.8. The first kappa shape index (κ1) is 44.7. The van der Waals surface area contributed by atoms with Gasteiger partial charge in [0.25, 0.3) is 0 Å². The molecule has 3 nitrogen and oxygen atoms in total. The zero-order valence-corrected chi connectivity index (χ0v) is 32.3. The second-order valence-corrected chi connectivity index (χ2v) is 15.0. The normalized spacial score (nSPS) is 15.0. The van der Waals surface area contributed by atoms with Crippen molar-refractivity contribution >= 4 is 18.7 Å². The first-order valence-electron chi connectivity index (χ1n) is 20.7. The minimum absolute atomic E-state index is 0. The Balaban J connectivity index is 0.0000194. The van der Waals surface area contributed by atoms with Gasteiger partial charge in [-0.15, -0.1) is 12.4 Å². The third-order valence-electron chi connectivity index (χ3n) is 10.4. The number of nitrogens with zero attached hydrogens (tertiary/aromatic N) is 2. The lowest BCUT2D eigenvalue weighted by molar-refractivity contribution is 0.128. The second-order valence-electron chi connectivity index (χ2n) is 15.0. The molecule has 0 amide bonds. The molecule has 1 aliphatic heterocycles. The summed E-state index contributed by atoms with van der Waals surface area (Å²) < 4.78 is 0. The van der Waals surface area contributed by atoms with E-state index in [-0.39, 0.29) is 18.1 Å². The number of halogens is 1. The van der Waals surface area contributed by atoms with Gasteiger partial charge in [0.2, 0.25) is 0 Å². The molecule has 1 aliphatic rings. The molecule has 0 saturated carbocycles. The quantitative estimate of drug-likeness (QED) is 0.0689. The van der Waals surface area contributed by atoms with Gasteiger partial charge in [-0.25, -0.2) is 0 Å². The first-order valence-corrected chi connectivity index (χ1v) is 20.7. The molecule has 4 heteroatoms. The molecule has 0 fully saturated rings. The van der Waals surface area contributed by atoms with E-state index >= 15 is 0 Å². The molecule has 2 unspecified atom stereocenters. The minimum Gasteiger partial charge on any atom is -0.343 e. The van der Waals surface area contributed by atoms with Gasteiger partial charge in [0.15, 0.2) is 0 Å². The van der Waals surface area contributed by atoms with Crippen LogP contribution in [0.4, 0.5) is 0 Å². The lowest BCUT2D eigenvalue weighted by Gasteiger charge is -2.41. The van der Waals surface area contributed by atoms with Crippen LogP contribution in [0, 0.1) is 0 Å². The largest absolute Gasteiger partial charge is 0.343 e. The molecule has 270 valence electrons. The van der Waals surface area contributed by atoms with E-state index in [2.05, 4.69) is 49.2 Å². The van der Waals surface area contributed by atoms with E-state index in [1.165, 1.54) is 205 Å². The highest BCUT2D eigenvalue weighted by Crippen LogP contribution is 2.24. The van der Waals surface area contributed by atoms with Gasteiger partial charge in [-0.3, -0.25) is 10.3 Å². The number of unbranched alkanes of at least 4 members (excludes halogenated alkanes) is 28. The number of hydrogen-bond donors (Lipinski definition) is 1. The number of aliphatic imine (C=N–C) groups is 1. The summed E-state index contributed by atoms with van der Waals surface area (Å²) in [5.41, 5.74) is 0.0609. The fourth-order valence-electron chi connectivity index (χ4n) is 7.32. The van der Waals surface area contributed by atoms with Crippen LogP contribution in [0.2, 0.25) is 0 Å². The van der Waals surface area contributed by atoms with Gasteiger partial charge >= 0.3 is 0 Å². The van der Waals surface area contributed by atoms with Gasteiger partial charge in [-0.2, -0.15) is 0 Å². The SMILES string of the molecule is CCCCCCCCCCCCCCCCCCC(C)(NC(C)CCCCCCCCCCCCCCCC)N1C=NCC1.Cl. The molecule has 0 bridgehead atoms. The third kappa shape index (κ3) is 27.4. The smallest absolute Gasteiger partial charge is 0.0890 e. The maximum atomic E-state index is 4.57. The van der Waals surface area contributed by atoms with Gasteiger partial charge in [0.1, 0.15) is 0 Å². The van der Waals surface area contributed by atoms with Gasteiger partial charge in [-0.05, 0) is 33.1 Å². The van der Waals surface area contributed by atoms with Crippen molar-refractivity contribution in [1.82, 2.24) is 10.2 Å². The van der Waals surface area contributed by atoms with Crippen molar-refractivity contribution in [2.45, 2.75) is 245 Å². The minimum atomic E-state index is 0. The molecule has 1 rings (SSSR count). The van der Waals surface area contributed by atoms with E-state index in [1.807, 2.05) is 0 Å². The molecular weight excluding hydrogens is 570 g/mol. The van der Waals surface area contributed by atoms with Gasteiger partial charge in [0.05, 0.1) is 18.5 Å². The summed E-state index contributed by atoms with van der Waals surface area (Å²) in [6, 6.07) is 0.576. The van der Waals surface area contributed by atoms with E-state index in [0.29, 0.717) is 6.04 Å². The molecule has 0 radical (unpaired) electrons. The van der Waals surface area contributed by atoms with E-state index < -0.39 is 0 Å². The average Bonchev–Trinajstić information content (AvgIpc) is 3.57. The summed E-state index contributed by atoms with van der Waals surface area (Å²) in [6.45, 7) is 11.5. The van der Waals surface area contributed by atoms with Crippen LogP contribution in [0.5, 0.6) is 0 Å². The summed E-state index contributed by atoms with van der Waals surface area (Å²) in [5.74, 6) is 0. The lowest BCUT2D eigenvalue weighted by Crippen LogP contribution is -2.58. The van der Waals surface area contributed by atoms with E-state index in [4.69, 9.17) is 0 Å². The Kier molecular flexibility index (Phi) is 33.4. The highest BCUT2D eigenvalue weighted by molar-refractivity contribution is 5.85. The molecule has 0 spiro atoms. The summed E-state index contributed by atoms with van der Waals surface area (Å²) in [7, 11) is 0. The third-order valence-corrected chi connectivity index (χ3v) is 10.4. The maximum Gasteiger partial charge on any atom is 0.0890 e. The lowest BCUT2D eigenvalue weighted by atomic mass is 9.97. The van der Waals surface area contributed by atoms with Crippen LogP contribution >= 0.6 is 12.4 Å². The standard InChI is InChI=1S/C41H83N3.ClH/c1-5-7-9-11-13-15-17-19-21-22-24-26-28-30-32-34-36-41(4,44-38-37-42-39-44)43-40(3)35-33-31-29-27-25-23-20-18-16-14-12-10-8-6-2;/h39-40,43H,5-38H2,1-4H3;1H. The van der Waals surface area contributed by atoms with E-state index in [0.717, 1.165) is 13.1 Å². The molecule has 0 aromatic heterocycles. The Morgan fingerprint density at radius 2 is 0.889 bits per heavy atom. The predicted octanol–water partition coefficient (Wildman–Crippen LogP) is 14.0. The highest BCUT2D eigenvalue weighted by atomic mass is 35.5. The van der Waals surface area contributed by atoms with Crippen molar-refractivity contribution in [1.29, 1.82) is 0 Å². The van der Waals surface area contributed by atoms with Crippen LogP contribution in [0.3, 0.4) is 0 Å². The Hall–Kier alpha value is -0.280. The van der Waals surface area contributed by atoms with Gasteiger partial charge in [0, 0.05) is 12.6 Å². The van der Waals surface area contributed by atoms with Crippen LogP contribution in [0.25, 0.3) is 0 Å². The van der Waals surface area contributed by atoms with Crippen molar-refractivity contribution in [3.8, 4) is 0 Å². The Labute approximate surface area is 291 Å². The Morgan fingerprint density at radius 1 is 0.556 bits per heavy atom. The van der Waals surface area contributed by atoms with Crippen molar-refractivity contribution in [3.63, 3.8) is 0 Å². The predicted molar refractivity (Wildman–Crippen MR) is 207 cm³/mol. The Bertz CT molecular complexity index is 612. The Morgan fingerprint density at radius 3 is 1.22 bits per heavy atom. The molecule has 45 heavy (non-hydrogen) atoms. The number of hydrogen-bond acceptors (Lipinski definition) is 3. The fourth-order valence-corrected chi connectivity index (χ4v) is 7.32. The summed E-state index contributed by atoms with van der Waals surface area (Å²) in [6.07, 6.45) is 47.8. The molecule has 0 saturated heterocycles. The summed E-state index contributed by atoms with van der Waals surface area (Å²) in [4.78, 5) is 7.07. The van der Waals surface area contributed by atoms with Crippen molar-refractivity contribution in [2.24, 2.45) is 4.99 Å². The number of rotatable bonds is 35. The maximum absolute atomic E-state index is 4.57. The van der Waals surface area contributed by atoms with Crippen LogP contribution in [-0.4, -0.2) is 36.0 Å². The molecule has 0 aromatic carbocycles. The van der Waals surface area contributed by atoms with Crippen LogP contribution < -0.4 is 5.32 Å². The van der Waals surface area contributed by atoms with Crippen molar-refractivity contribution < 1.29 is 0 Å². The monoisotopic (exact) mass is 654 g/mol. The molecule has 2 atom stereocenters. The van der Waals surface area contributed by atoms with Crippen LogP contribution in [-0.2, 0) is 0 Å². The summed E-state index contributed by atoms with van der Waals surface area (Å²) in [5, 5.41) is 4.07. The zero-order valence-electron chi connectivity index (χ0n) is 31.5. The average molecular weight is 655 g/mol. The van der Waals surface area contributed by atoms with E-state index in [1.54, 1.807) is 0 Å². The molecule has 0 aromatic rings. The molecular formula is C41H84ClN3. The van der Waals surface area contributed by atoms with Crippen LogP contribution in [0.15, 0.2) is 4.99 Å². The summed E-state index contributed by atoms with van der Waals surface area (Å²) >= 11 is 0. The van der Waals surface area contributed by atoms with Crippen LogP contribution in [0.1, 0.15) is 233 Å². The molecule has 1 heterocycles. The van der Waals surface area contributed by atoms with Crippen molar-refractivity contribution in [2.75, 3.05) is 13.1 Å². The molecule has 1 N–H and O–H groups in total. The van der Waals surface area contributed by atoms with Crippen molar-refractivity contribution in [3.05, 3.63) is 0 Å². The highest BCUT2D eigenvalue weighted by Gasteiger charge is 2.32. The van der Waals surface area contributed by atoms with Gasteiger partial charge in [-0.1, -0.05) is 200 Å². The first-order chi connectivity index (χ1) is 21.6. The fraction of sp³-hybridized carbons (Fsp3) is 0.976.